The van der Waals surface area contributed by atoms with E-state index >= 15 is 0 Å². The van der Waals surface area contributed by atoms with E-state index in [1.54, 1.807) is 6.07 Å². The Morgan fingerprint density at radius 3 is 2.71 bits per heavy atom. The van der Waals surface area contributed by atoms with Gasteiger partial charge in [-0.15, -0.1) is 0 Å². The first kappa shape index (κ1) is 13.8. The highest BCUT2D eigenvalue weighted by Gasteiger charge is 2.16. The van der Waals surface area contributed by atoms with Crippen LogP contribution in [0, 0.1) is 10.1 Å². The summed E-state index contributed by atoms with van der Waals surface area (Å²) in [4.78, 5) is 10.5. The number of nitrogens with zero attached hydrogens (tertiary/aromatic N) is 1. The molecule has 0 aromatic heterocycles. The zero-order valence-electron chi connectivity index (χ0n) is 10.1. The Labute approximate surface area is 106 Å². The van der Waals surface area contributed by atoms with Gasteiger partial charge in [-0.1, -0.05) is 31.9 Å². The van der Waals surface area contributed by atoms with E-state index in [0.29, 0.717) is 10.7 Å². The standard InChI is InChI=1S/C12H17ClN2O2/c1-3-5-10(4-2)14-11-8-9(13)6-7-12(11)15(16)17/h6-8,10,14H,3-5H2,1-2H3. The second kappa shape index (κ2) is 6.45. The van der Waals surface area contributed by atoms with Crippen LogP contribution in [0.25, 0.3) is 0 Å². The first-order valence-corrected chi connectivity index (χ1v) is 6.16. The molecule has 1 N–H and O–H groups in total. The number of anilines is 1. The van der Waals surface area contributed by atoms with Crippen molar-refractivity contribution >= 4 is 23.0 Å². The Morgan fingerprint density at radius 2 is 2.18 bits per heavy atom. The van der Waals surface area contributed by atoms with Gasteiger partial charge in [-0.3, -0.25) is 10.1 Å². The Balaban J connectivity index is 2.94. The predicted octanol–water partition coefficient (Wildman–Crippen LogP) is 4.24. The third-order valence-electron chi connectivity index (χ3n) is 2.64. The highest BCUT2D eigenvalue weighted by molar-refractivity contribution is 6.31. The molecule has 0 aliphatic rings. The van der Waals surface area contributed by atoms with Crippen LogP contribution >= 0.6 is 11.6 Å². The molecule has 0 saturated carbocycles. The molecule has 0 saturated heterocycles. The van der Waals surface area contributed by atoms with E-state index in [1.165, 1.54) is 12.1 Å². The molecular weight excluding hydrogens is 240 g/mol. The zero-order chi connectivity index (χ0) is 12.8. The molecule has 0 heterocycles. The second-order valence-electron chi connectivity index (χ2n) is 3.96. The molecule has 0 bridgehead atoms. The minimum Gasteiger partial charge on any atom is -0.377 e. The largest absolute Gasteiger partial charge is 0.377 e. The topological polar surface area (TPSA) is 55.2 Å². The molecule has 1 aromatic rings. The number of nitro groups is 1. The SMILES string of the molecule is CCCC(CC)Nc1cc(Cl)ccc1[N+](=O)[O-]. The molecule has 1 atom stereocenters. The maximum Gasteiger partial charge on any atom is 0.292 e. The molecule has 94 valence electrons. The van der Waals surface area contributed by atoms with E-state index in [4.69, 9.17) is 11.6 Å². The first-order valence-electron chi connectivity index (χ1n) is 5.79. The Morgan fingerprint density at radius 1 is 1.47 bits per heavy atom. The highest BCUT2D eigenvalue weighted by atomic mass is 35.5. The summed E-state index contributed by atoms with van der Waals surface area (Å²) in [5, 5.41) is 14.6. The van der Waals surface area contributed by atoms with Crippen molar-refractivity contribution in [3.63, 3.8) is 0 Å². The van der Waals surface area contributed by atoms with Crippen LogP contribution in [-0.2, 0) is 0 Å². The van der Waals surface area contributed by atoms with Crippen LogP contribution in [0.1, 0.15) is 33.1 Å². The minimum absolute atomic E-state index is 0.0731. The van der Waals surface area contributed by atoms with Crippen LogP contribution in [0.5, 0.6) is 0 Å². The lowest BCUT2D eigenvalue weighted by atomic mass is 10.1. The van der Waals surface area contributed by atoms with Gasteiger partial charge in [0.1, 0.15) is 5.69 Å². The van der Waals surface area contributed by atoms with Crippen molar-refractivity contribution in [1.82, 2.24) is 0 Å². The second-order valence-corrected chi connectivity index (χ2v) is 4.39. The van der Waals surface area contributed by atoms with E-state index in [-0.39, 0.29) is 11.7 Å². The van der Waals surface area contributed by atoms with Gasteiger partial charge in [0.15, 0.2) is 0 Å². The molecule has 1 unspecified atom stereocenters. The minimum atomic E-state index is -0.392. The highest BCUT2D eigenvalue weighted by Crippen LogP contribution is 2.29. The smallest absolute Gasteiger partial charge is 0.292 e. The van der Waals surface area contributed by atoms with Crippen molar-refractivity contribution in [2.45, 2.75) is 39.2 Å². The fraction of sp³-hybridized carbons (Fsp3) is 0.500. The van der Waals surface area contributed by atoms with Gasteiger partial charge in [0.25, 0.3) is 5.69 Å². The van der Waals surface area contributed by atoms with E-state index in [1.807, 2.05) is 0 Å². The van der Waals surface area contributed by atoms with Crippen molar-refractivity contribution in [1.29, 1.82) is 0 Å². The molecule has 0 radical (unpaired) electrons. The zero-order valence-corrected chi connectivity index (χ0v) is 10.8. The molecule has 4 nitrogen and oxygen atoms in total. The van der Waals surface area contributed by atoms with Crippen molar-refractivity contribution in [2.75, 3.05) is 5.32 Å². The fourth-order valence-corrected chi connectivity index (χ4v) is 1.90. The molecule has 17 heavy (non-hydrogen) atoms. The lowest BCUT2D eigenvalue weighted by Gasteiger charge is -2.17. The molecular formula is C12H17ClN2O2. The van der Waals surface area contributed by atoms with Crippen molar-refractivity contribution in [2.24, 2.45) is 0 Å². The molecule has 0 amide bonds. The fourth-order valence-electron chi connectivity index (χ4n) is 1.73. The summed E-state index contributed by atoms with van der Waals surface area (Å²) in [6.45, 7) is 4.15. The van der Waals surface area contributed by atoms with Crippen LogP contribution in [-0.4, -0.2) is 11.0 Å². The summed E-state index contributed by atoms with van der Waals surface area (Å²) in [6.07, 6.45) is 2.96. The van der Waals surface area contributed by atoms with E-state index in [9.17, 15) is 10.1 Å². The van der Waals surface area contributed by atoms with Gasteiger partial charge in [-0.05, 0) is 25.0 Å². The average molecular weight is 257 g/mol. The number of nitro benzene ring substituents is 1. The van der Waals surface area contributed by atoms with Crippen LogP contribution < -0.4 is 5.32 Å². The Bertz CT molecular complexity index is 396. The molecule has 0 fully saturated rings. The lowest BCUT2D eigenvalue weighted by Crippen LogP contribution is -2.18. The van der Waals surface area contributed by atoms with Crippen molar-refractivity contribution in [3.8, 4) is 0 Å². The van der Waals surface area contributed by atoms with Crippen LogP contribution in [0.3, 0.4) is 0 Å². The first-order chi connectivity index (χ1) is 8.08. The van der Waals surface area contributed by atoms with Gasteiger partial charge in [0, 0.05) is 17.1 Å². The van der Waals surface area contributed by atoms with Crippen LogP contribution in [0.2, 0.25) is 5.02 Å². The number of hydrogen-bond acceptors (Lipinski definition) is 3. The number of hydrogen-bond donors (Lipinski definition) is 1. The van der Waals surface area contributed by atoms with Crippen LogP contribution in [0.15, 0.2) is 18.2 Å². The van der Waals surface area contributed by atoms with Gasteiger partial charge < -0.3 is 5.32 Å². The van der Waals surface area contributed by atoms with E-state index in [2.05, 4.69) is 19.2 Å². The molecule has 0 aliphatic heterocycles. The predicted molar refractivity (Wildman–Crippen MR) is 70.7 cm³/mol. The van der Waals surface area contributed by atoms with Gasteiger partial charge in [-0.2, -0.15) is 0 Å². The maximum absolute atomic E-state index is 10.9. The summed E-state index contributed by atoms with van der Waals surface area (Å²) in [5.74, 6) is 0. The number of nitrogens with one attached hydrogen (secondary N) is 1. The summed E-state index contributed by atoms with van der Waals surface area (Å²) in [7, 11) is 0. The summed E-state index contributed by atoms with van der Waals surface area (Å²) in [5.41, 5.74) is 0.576. The lowest BCUT2D eigenvalue weighted by molar-refractivity contribution is -0.384. The van der Waals surface area contributed by atoms with Gasteiger partial charge in [0.05, 0.1) is 4.92 Å². The van der Waals surface area contributed by atoms with Crippen molar-refractivity contribution in [3.05, 3.63) is 33.3 Å². The number of rotatable bonds is 6. The summed E-state index contributed by atoms with van der Waals surface area (Å²) in [6, 6.07) is 4.82. The molecule has 0 spiro atoms. The molecule has 0 aliphatic carbocycles. The maximum atomic E-state index is 10.9. The molecule has 1 rings (SSSR count). The number of halogens is 1. The summed E-state index contributed by atoms with van der Waals surface area (Å²) >= 11 is 5.86. The van der Waals surface area contributed by atoms with Gasteiger partial charge >= 0.3 is 0 Å². The third kappa shape index (κ3) is 3.89. The molecule has 5 heteroatoms. The van der Waals surface area contributed by atoms with E-state index in [0.717, 1.165) is 19.3 Å². The summed E-state index contributed by atoms with van der Waals surface area (Å²) < 4.78 is 0. The van der Waals surface area contributed by atoms with Crippen molar-refractivity contribution < 1.29 is 4.92 Å². The monoisotopic (exact) mass is 256 g/mol. The average Bonchev–Trinajstić information content (AvgIpc) is 2.28. The Hall–Kier alpha value is -1.29. The quantitative estimate of drug-likeness (QED) is 0.612. The third-order valence-corrected chi connectivity index (χ3v) is 2.88. The molecule has 1 aromatic carbocycles. The van der Waals surface area contributed by atoms with Gasteiger partial charge in [0.2, 0.25) is 0 Å². The Kier molecular flexibility index (Phi) is 5.22. The van der Waals surface area contributed by atoms with E-state index < -0.39 is 4.92 Å². The number of benzene rings is 1. The van der Waals surface area contributed by atoms with Gasteiger partial charge in [-0.25, -0.2) is 0 Å². The van der Waals surface area contributed by atoms with Crippen LogP contribution in [0.4, 0.5) is 11.4 Å². The normalized spacial score (nSPS) is 12.2.